The van der Waals surface area contributed by atoms with Gasteiger partial charge in [-0.05, 0) is 31.2 Å². The van der Waals surface area contributed by atoms with E-state index in [1.807, 2.05) is 11.8 Å². The molecule has 0 aromatic carbocycles. The van der Waals surface area contributed by atoms with Gasteiger partial charge in [0.15, 0.2) is 0 Å². The minimum absolute atomic E-state index is 1.18. The molecule has 1 rings (SSSR count). The van der Waals surface area contributed by atoms with E-state index in [1.54, 1.807) is 0 Å². The maximum Gasteiger partial charge on any atom is 0.0187 e. The fourth-order valence-corrected chi connectivity index (χ4v) is 1.66. The van der Waals surface area contributed by atoms with E-state index in [2.05, 4.69) is 26.8 Å². The highest BCUT2D eigenvalue weighted by atomic mass is 32.2. The Hall–Kier alpha value is -0.170. The lowest BCUT2D eigenvalue weighted by Gasteiger charge is -2.10. The van der Waals surface area contributed by atoms with Crippen LogP contribution >= 0.6 is 11.8 Å². The lowest BCUT2D eigenvalue weighted by Crippen LogP contribution is -1.90. The Morgan fingerprint density at radius 2 is 2.00 bits per heavy atom. The molecule has 0 radical (unpaired) electrons. The summed E-state index contributed by atoms with van der Waals surface area (Å²) < 4.78 is 0. The van der Waals surface area contributed by atoms with Crippen LogP contribution in [0, 0.1) is 0 Å². The van der Waals surface area contributed by atoms with Crippen molar-refractivity contribution < 1.29 is 0 Å². The van der Waals surface area contributed by atoms with E-state index in [1.165, 1.54) is 21.8 Å². The van der Waals surface area contributed by atoms with Gasteiger partial charge >= 0.3 is 0 Å². The Labute approximate surface area is 61.0 Å². The average molecular weight is 140 g/mol. The van der Waals surface area contributed by atoms with Gasteiger partial charge in [0, 0.05) is 5.75 Å². The zero-order valence-corrected chi connectivity index (χ0v) is 7.01. The number of allylic oxidation sites excluding steroid dienone is 3. The molecule has 0 aromatic rings. The molecule has 0 aromatic heterocycles. The first-order valence-corrected chi connectivity index (χ1v) is 4.16. The molecule has 0 saturated carbocycles. The van der Waals surface area contributed by atoms with Crippen molar-refractivity contribution in [1.82, 2.24) is 0 Å². The highest BCUT2D eigenvalue weighted by molar-refractivity contribution is 8.03. The van der Waals surface area contributed by atoms with E-state index in [4.69, 9.17) is 0 Å². The molecule has 0 unspecified atom stereocenters. The van der Waals surface area contributed by atoms with Gasteiger partial charge in [0.05, 0.1) is 0 Å². The Morgan fingerprint density at radius 3 is 2.44 bits per heavy atom. The van der Waals surface area contributed by atoms with Crippen LogP contribution in [0.25, 0.3) is 0 Å². The summed E-state index contributed by atoms with van der Waals surface area (Å²) in [6.45, 7) is 6.54. The summed E-state index contributed by atoms with van der Waals surface area (Å²) >= 11 is 1.95. The number of hydrogen-bond acceptors (Lipinski definition) is 1. The molecular formula is C8H12S. The average Bonchev–Trinajstić information content (AvgIpc) is 1.80. The minimum atomic E-state index is 1.18. The van der Waals surface area contributed by atoms with Crippen LogP contribution in [0.3, 0.4) is 0 Å². The summed E-state index contributed by atoms with van der Waals surface area (Å²) in [5.41, 5.74) is 2.92. The van der Waals surface area contributed by atoms with Crippen molar-refractivity contribution in [2.24, 2.45) is 0 Å². The van der Waals surface area contributed by atoms with Gasteiger partial charge in [-0.1, -0.05) is 11.6 Å². The lowest BCUT2D eigenvalue weighted by molar-refractivity contribution is 1.32. The second kappa shape index (κ2) is 2.61. The van der Waals surface area contributed by atoms with Crippen LogP contribution in [0.4, 0.5) is 0 Å². The number of thioether (sulfide) groups is 1. The molecular weight excluding hydrogens is 128 g/mol. The quantitative estimate of drug-likeness (QED) is 0.498. The third kappa shape index (κ3) is 1.62. The van der Waals surface area contributed by atoms with E-state index in [9.17, 15) is 0 Å². The van der Waals surface area contributed by atoms with Gasteiger partial charge in [-0.3, -0.25) is 0 Å². The van der Waals surface area contributed by atoms with Gasteiger partial charge in [0.25, 0.3) is 0 Å². The highest BCUT2D eigenvalue weighted by Gasteiger charge is 2.02. The van der Waals surface area contributed by atoms with E-state index < -0.39 is 0 Å². The van der Waals surface area contributed by atoms with Crippen LogP contribution in [-0.4, -0.2) is 5.75 Å². The van der Waals surface area contributed by atoms with Gasteiger partial charge in [0.1, 0.15) is 0 Å². The molecule has 0 N–H and O–H groups in total. The van der Waals surface area contributed by atoms with Crippen LogP contribution < -0.4 is 0 Å². The van der Waals surface area contributed by atoms with Crippen molar-refractivity contribution in [3.63, 3.8) is 0 Å². The zero-order valence-electron chi connectivity index (χ0n) is 6.19. The first-order chi connectivity index (χ1) is 4.20. The number of hydrogen-bond donors (Lipinski definition) is 0. The normalized spacial score (nSPS) is 20.1. The van der Waals surface area contributed by atoms with Gasteiger partial charge in [-0.15, -0.1) is 11.8 Å². The van der Waals surface area contributed by atoms with Gasteiger partial charge in [-0.25, -0.2) is 0 Å². The Balaban J connectivity index is 2.83. The molecule has 0 spiro atoms. The van der Waals surface area contributed by atoms with Crippen molar-refractivity contribution in [2.45, 2.75) is 20.8 Å². The molecule has 9 heavy (non-hydrogen) atoms. The molecule has 1 aliphatic heterocycles. The molecule has 0 aliphatic carbocycles. The Morgan fingerprint density at radius 1 is 1.33 bits per heavy atom. The molecule has 0 nitrogen and oxygen atoms in total. The van der Waals surface area contributed by atoms with Crippen molar-refractivity contribution in [3.8, 4) is 0 Å². The Bertz CT molecular complexity index is 175. The van der Waals surface area contributed by atoms with Crippen LogP contribution in [-0.2, 0) is 0 Å². The van der Waals surface area contributed by atoms with Gasteiger partial charge in [0.2, 0.25) is 0 Å². The molecule has 0 atom stereocenters. The third-order valence-corrected chi connectivity index (χ3v) is 2.89. The molecule has 0 saturated heterocycles. The largest absolute Gasteiger partial charge is 0.126 e. The van der Waals surface area contributed by atoms with Crippen molar-refractivity contribution in [3.05, 3.63) is 22.1 Å². The van der Waals surface area contributed by atoms with Gasteiger partial charge < -0.3 is 0 Å². The zero-order chi connectivity index (χ0) is 6.85. The summed E-state index contributed by atoms with van der Waals surface area (Å²) in [5, 5.41) is 0. The summed E-state index contributed by atoms with van der Waals surface area (Å²) in [4.78, 5) is 1.47. The van der Waals surface area contributed by atoms with Crippen LogP contribution in [0.15, 0.2) is 22.1 Å². The van der Waals surface area contributed by atoms with Crippen molar-refractivity contribution in [1.29, 1.82) is 0 Å². The van der Waals surface area contributed by atoms with Crippen LogP contribution in [0.5, 0.6) is 0 Å². The summed E-state index contributed by atoms with van der Waals surface area (Å²) in [5.74, 6) is 1.18. The monoisotopic (exact) mass is 140 g/mol. The van der Waals surface area contributed by atoms with Crippen molar-refractivity contribution >= 4 is 11.8 Å². The molecule has 1 heteroatoms. The summed E-state index contributed by atoms with van der Waals surface area (Å²) in [7, 11) is 0. The fourth-order valence-electron chi connectivity index (χ4n) is 0.849. The van der Waals surface area contributed by atoms with E-state index >= 15 is 0 Å². The first-order valence-electron chi connectivity index (χ1n) is 3.17. The third-order valence-electron chi connectivity index (χ3n) is 1.53. The van der Waals surface area contributed by atoms with E-state index in [-0.39, 0.29) is 0 Å². The maximum absolute atomic E-state index is 2.27. The molecule has 0 amide bonds. The van der Waals surface area contributed by atoms with E-state index in [0.717, 1.165) is 0 Å². The number of rotatable bonds is 0. The molecule has 1 heterocycles. The molecule has 0 bridgehead atoms. The second-order valence-electron chi connectivity index (χ2n) is 2.52. The van der Waals surface area contributed by atoms with E-state index in [0.29, 0.717) is 0 Å². The predicted molar refractivity (Wildman–Crippen MR) is 44.6 cm³/mol. The minimum Gasteiger partial charge on any atom is -0.126 e. The summed E-state index contributed by atoms with van der Waals surface area (Å²) in [6.07, 6.45) is 2.27. The van der Waals surface area contributed by atoms with Crippen LogP contribution in [0.1, 0.15) is 20.8 Å². The second-order valence-corrected chi connectivity index (χ2v) is 3.71. The molecule has 50 valence electrons. The fraction of sp³-hybridized carbons (Fsp3) is 0.500. The standard InChI is InChI=1S/C8H12S/c1-6-4-7(2)8(3)9-5-6/h4H,5H2,1-3H3. The molecule has 1 aliphatic rings. The van der Waals surface area contributed by atoms with Crippen molar-refractivity contribution in [2.75, 3.05) is 5.75 Å². The predicted octanol–water partition coefficient (Wildman–Crippen LogP) is 2.97. The SMILES string of the molecule is CC1=CC(C)=C(C)SC1. The smallest absolute Gasteiger partial charge is 0.0187 e. The first kappa shape index (κ1) is 6.94. The van der Waals surface area contributed by atoms with Gasteiger partial charge in [-0.2, -0.15) is 0 Å². The maximum atomic E-state index is 2.27. The highest BCUT2D eigenvalue weighted by Crippen LogP contribution is 2.27. The molecule has 0 fully saturated rings. The van der Waals surface area contributed by atoms with Crippen LogP contribution in [0.2, 0.25) is 0 Å². The Kier molecular flexibility index (Phi) is 2.01. The summed E-state index contributed by atoms with van der Waals surface area (Å²) in [6, 6.07) is 0. The topological polar surface area (TPSA) is 0 Å². The lowest BCUT2D eigenvalue weighted by atomic mass is 10.2.